The van der Waals surface area contributed by atoms with Gasteiger partial charge in [0, 0.05) is 6.54 Å². The summed E-state index contributed by atoms with van der Waals surface area (Å²) < 4.78 is 9.93. The Morgan fingerprint density at radius 2 is 2.21 bits per heavy atom. The SMILES string of the molecule is COC(=O)C(C)(C)NCc1cccc(OCC#N)c1. The van der Waals surface area contributed by atoms with Crippen molar-refractivity contribution < 1.29 is 14.3 Å². The second kappa shape index (κ2) is 6.76. The van der Waals surface area contributed by atoms with Gasteiger partial charge in [0.25, 0.3) is 0 Å². The fourth-order valence-corrected chi connectivity index (χ4v) is 1.51. The second-order valence-electron chi connectivity index (χ2n) is 4.56. The second-order valence-corrected chi connectivity index (χ2v) is 4.56. The largest absolute Gasteiger partial charge is 0.479 e. The zero-order valence-electron chi connectivity index (χ0n) is 11.4. The summed E-state index contributed by atoms with van der Waals surface area (Å²) in [6, 6.07) is 9.29. The highest BCUT2D eigenvalue weighted by molar-refractivity contribution is 5.79. The number of nitrogens with one attached hydrogen (secondary N) is 1. The molecular formula is C14H18N2O3. The van der Waals surface area contributed by atoms with Gasteiger partial charge < -0.3 is 9.47 Å². The molecule has 0 saturated heterocycles. The average molecular weight is 262 g/mol. The molecule has 0 unspecified atom stereocenters. The van der Waals surface area contributed by atoms with Crippen molar-refractivity contribution in [1.29, 1.82) is 5.26 Å². The van der Waals surface area contributed by atoms with Crippen molar-refractivity contribution >= 4 is 5.97 Å². The van der Waals surface area contributed by atoms with Crippen LogP contribution in [-0.2, 0) is 16.1 Å². The van der Waals surface area contributed by atoms with Crippen molar-refractivity contribution in [3.63, 3.8) is 0 Å². The van der Waals surface area contributed by atoms with Crippen LogP contribution in [0.3, 0.4) is 0 Å². The van der Waals surface area contributed by atoms with Gasteiger partial charge in [-0.05, 0) is 31.5 Å². The average Bonchev–Trinajstić information content (AvgIpc) is 2.42. The van der Waals surface area contributed by atoms with E-state index in [2.05, 4.69) is 5.32 Å². The zero-order chi connectivity index (χ0) is 14.3. The van der Waals surface area contributed by atoms with Crippen molar-refractivity contribution in [3.8, 4) is 11.8 Å². The van der Waals surface area contributed by atoms with E-state index in [1.165, 1.54) is 7.11 Å². The fraction of sp³-hybridized carbons (Fsp3) is 0.429. The van der Waals surface area contributed by atoms with E-state index in [-0.39, 0.29) is 12.6 Å². The molecular weight excluding hydrogens is 244 g/mol. The minimum Gasteiger partial charge on any atom is -0.479 e. The van der Waals surface area contributed by atoms with Crippen molar-refractivity contribution in [3.05, 3.63) is 29.8 Å². The third-order valence-corrected chi connectivity index (χ3v) is 2.63. The number of esters is 1. The molecule has 1 rings (SSSR count). The van der Waals surface area contributed by atoms with Crippen LogP contribution in [-0.4, -0.2) is 25.2 Å². The molecule has 0 spiro atoms. The molecule has 1 aromatic rings. The van der Waals surface area contributed by atoms with E-state index in [0.29, 0.717) is 12.3 Å². The number of ether oxygens (including phenoxy) is 2. The Morgan fingerprint density at radius 3 is 2.84 bits per heavy atom. The molecule has 5 heteroatoms. The van der Waals surface area contributed by atoms with E-state index in [4.69, 9.17) is 14.7 Å². The van der Waals surface area contributed by atoms with Gasteiger partial charge in [0.2, 0.25) is 0 Å². The molecule has 0 atom stereocenters. The van der Waals surface area contributed by atoms with E-state index >= 15 is 0 Å². The first kappa shape index (κ1) is 15.0. The van der Waals surface area contributed by atoms with E-state index in [9.17, 15) is 4.79 Å². The third kappa shape index (κ3) is 4.60. The van der Waals surface area contributed by atoms with Crippen molar-refractivity contribution in [1.82, 2.24) is 5.32 Å². The summed E-state index contributed by atoms with van der Waals surface area (Å²) in [5.74, 6) is 0.320. The Labute approximate surface area is 113 Å². The number of hydrogen-bond acceptors (Lipinski definition) is 5. The Kier molecular flexibility index (Phi) is 5.34. The Hall–Kier alpha value is -2.06. The monoisotopic (exact) mass is 262 g/mol. The molecule has 0 aromatic heterocycles. The van der Waals surface area contributed by atoms with Crippen LogP contribution in [0.2, 0.25) is 0 Å². The molecule has 0 radical (unpaired) electrons. The summed E-state index contributed by atoms with van der Waals surface area (Å²) in [4.78, 5) is 11.5. The maximum atomic E-state index is 11.5. The maximum absolute atomic E-state index is 11.5. The number of carbonyl (C=O) groups is 1. The molecule has 0 saturated carbocycles. The zero-order valence-corrected chi connectivity index (χ0v) is 11.4. The first-order valence-electron chi connectivity index (χ1n) is 5.91. The summed E-state index contributed by atoms with van der Waals surface area (Å²) in [6.07, 6.45) is 0. The minimum absolute atomic E-state index is 0.0184. The summed E-state index contributed by atoms with van der Waals surface area (Å²) in [6.45, 7) is 4.04. The van der Waals surface area contributed by atoms with Crippen LogP contribution < -0.4 is 10.1 Å². The molecule has 0 fully saturated rings. The van der Waals surface area contributed by atoms with E-state index < -0.39 is 5.54 Å². The molecule has 0 heterocycles. The summed E-state index contributed by atoms with van der Waals surface area (Å²) >= 11 is 0. The van der Waals surface area contributed by atoms with Gasteiger partial charge in [-0.3, -0.25) is 10.1 Å². The van der Waals surface area contributed by atoms with Crippen molar-refractivity contribution in [2.45, 2.75) is 25.9 Å². The van der Waals surface area contributed by atoms with E-state index in [1.807, 2.05) is 24.3 Å². The van der Waals surface area contributed by atoms with Crippen LogP contribution in [0.4, 0.5) is 0 Å². The highest BCUT2D eigenvalue weighted by Gasteiger charge is 2.27. The van der Waals surface area contributed by atoms with Crippen molar-refractivity contribution in [2.24, 2.45) is 0 Å². The van der Waals surface area contributed by atoms with Gasteiger partial charge >= 0.3 is 5.97 Å². The lowest BCUT2D eigenvalue weighted by molar-refractivity contribution is -0.147. The summed E-state index contributed by atoms with van der Waals surface area (Å²) in [5.41, 5.74) is 0.213. The van der Waals surface area contributed by atoms with Gasteiger partial charge in [-0.25, -0.2) is 0 Å². The number of carbonyl (C=O) groups excluding carboxylic acids is 1. The lowest BCUT2D eigenvalue weighted by Gasteiger charge is -2.23. The standard InChI is InChI=1S/C14H18N2O3/c1-14(2,13(17)18-3)16-10-11-5-4-6-12(9-11)19-8-7-15/h4-6,9,16H,8,10H2,1-3H3. The van der Waals surface area contributed by atoms with Crippen molar-refractivity contribution in [2.75, 3.05) is 13.7 Å². The molecule has 0 aliphatic rings. The Balaban J connectivity index is 2.63. The van der Waals surface area contributed by atoms with Gasteiger partial charge in [0.05, 0.1) is 7.11 Å². The van der Waals surface area contributed by atoms with Gasteiger partial charge in [-0.2, -0.15) is 5.26 Å². The topological polar surface area (TPSA) is 71.3 Å². The number of rotatable bonds is 6. The number of benzene rings is 1. The highest BCUT2D eigenvalue weighted by atomic mass is 16.5. The van der Waals surface area contributed by atoms with E-state index in [1.54, 1.807) is 19.9 Å². The van der Waals surface area contributed by atoms with E-state index in [0.717, 1.165) is 5.56 Å². The number of nitrogens with zero attached hydrogens (tertiary/aromatic N) is 1. The lowest BCUT2D eigenvalue weighted by Crippen LogP contribution is -2.46. The van der Waals surface area contributed by atoms with Crippen LogP contribution in [0.25, 0.3) is 0 Å². The predicted octanol–water partition coefficient (Wildman–Crippen LogP) is 1.63. The van der Waals surface area contributed by atoms with Gasteiger partial charge in [0.15, 0.2) is 6.61 Å². The molecule has 19 heavy (non-hydrogen) atoms. The number of nitriles is 1. The lowest BCUT2D eigenvalue weighted by atomic mass is 10.1. The van der Waals surface area contributed by atoms with Crippen LogP contribution in [0.1, 0.15) is 19.4 Å². The molecule has 0 aliphatic carbocycles. The summed E-state index contributed by atoms with van der Waals surface area (Å²) in [7, 11) is 1.36. The van der Waals surface area contributed by atoms with Gasteiger partial charge in [-0.15, -0.1) is 0 Å². The molecule has 102 valence electrons. The maximum Gasteiger partial charge on any atom is 0.325 e. The highest BCUT2D eigenvalue weighted by Crippen LogP contribution is 2.14. The smallest absolute Gasteiger partial charge is 0.325 e. The minimum atomic E-state index is -0.752. The number of methoxy groups -OCH3 is 1. The number of hydrogen-bond donors (Lipinski definition) is 1. The Bertz CT molecular complexity index is 478. The first-order valence-corrected chi connectivity index (χ1v) is 5.91. The first-order chi connectivity index (χ1) is 8.99. The Morgan fingerprint density at radius 1 is 1.47 bits per heavy atom. The third-order valence-electron chi connectivity index (χ3n) is 2.63. The van der Waals surface area contributed by atoms with Crippen LogP contribution in [0, 0.1) is 11.3 Å². The molecule has 1 aromatic carbocycles. The van der Waals surface area contributed by atoms with Gasteiger partial charge in [0.1, 0.15) is 17.4 Å². The molecule has 1 N–H and O–H groups in total. The van der Waals surface area contributed by atoms with Gasteiger partial charge in [-0.1, -0.05) is 12.1 Å². The van der Waals surface area contributed by atoms with Crippen LogP contribution in [0.15, 0.2) is 24.3 Å². The van der Waals surface area contributed by atoms with Crippen LogP contribution in [0.5, 0.6) is 5.75 Å². The summed E-state index contributed by atoms with van der Waals surface area (Å²) in [5, 5.41) is 11.6. The normalized spacial score (nSPS) is 10.6. The molecule has 0 bridgehead atoms. The molecule has 5 nitrogen and oxygen atoms in total. The molecule has 0 aliphatic heterocycles. The predicted molar refractivity (Wildman–Crippen MR) is 70.5 cm³/mol. The fourth-order valence-electron chi connectivity index (χ4n) is 1.51. The quantitative estimate of drug-likeness (QED) is 0.789. The van der Waals surface area contributed by atoms with Crippen LogP contribution >= 0.6 is 0 Å². The molecule has 0 amide bonds.